The molecule has 5 nitrogen and oxygen atoms in total. The number of fused-ring (bicyclic) bond motifs is 2. The monoisotopic (exact) mass is 425 g/mol. The van der Waals surface area contributed by atoms with Crippen molar-refractivity contribution in [2.75, 3.05) is 12.0 Å². The predicted molar refractivity (Wildman–Crippen MR) is 125 cm³/mol. The van der Waals surface area contributed by atoms with Crippen LogP contribution >= 0.6 is 0 Å². The fourth-order valence-electron chi connectivity index (χ4n) is 4.32. The number of nitrogens with zero attached hydrogens (tertiary/aromatic N) is 1. The highest BCUT2D eigenvalue weighted by Crippen LogP contribution is 2.42. The molecule has 32 heavy (non-hydrogen) atoms. The van der Waals surface area contributed by atoms with Gasteiger partial charge in [-0.1, -0.05) is 56.3 Å². The van der Waals surface area contributed by atoms with E-state index in [0.29, 0.717) is 33.9 Å². The van der Waals surface area contributed by atoms with Crippen molar-refractivity contribution in [3.05, 3.63) is 105 Å². The van der Waals surface area contributed by atoms with Crippen molar-refractivity contribution in [3.8, 4) is 5.75 Å². The summed E-state index contributed by atoms with van der Waals surface area (Å²) in [4.78, 5) is 28.8. The van der Waals surface area contributed by atoms with E-state index in [0.717, 1.165) is 5.56 Å². The van der Waals surface area contributed by atoms with Gasteiger partial charge in [-0.2, -0.15) is 0 Å². The lowest BCUT2D eigenvalue weighted by molar-refractivity contribution is 0.0971. The number of hydrogen-bond donors (Lipinski definition) is 0. The first-order valence-corrected chi connectivity index (χ1v) is 10.6. The van der Waals surface area contributed by atoms with E-state index in [1.54, 1.807) is 42.3 Å². The number of rotatable bonds is 4. The molecule has 5 rings (SSSR count). The lowest BCUT2D eigenvalue weighted by Crippen LogP contribution is -2.29. The van der Waals surface area contributed by atoms with Gasteiger partial charge >= 0.3 is 0 Å². The average Bonchev–Trinajstić information content (AvgIpc) is 3.12. The first-order valence-electron chi connectivity index (χ1n) is 10.6. The maximum absolute atomic E-state index is 13.6. The van der Waals surface area contributed by atoms with Crippen molar-refractivity contribution in [2.45, 2.75) is 25.8 Å². The Labute approximate surface area is 185 Å². The van der Waals surface area contributed by atoms with Gasteiger partial charge in [-0.15, -0.1) is 0 Å². The van der Waals surface area contributed by atoms with E-state index >= 15 is 0 Å². The molecule has 3 aromatic carbocycles. The van der Waals surface area contributed by atoms with E-state index in [-0.39, 0.29) is 17.1 Å². The van der Waals surface area contributed by atoms with Gasteiger partial charge < -0.3 is 9.15 Å². The quantitative estimate of drug-likeness (QED) is 0.422. The van der Waals surface area contributed by atoms with Gasteiger partial charge in [0.15, 0.2) is 5.43 Å². The second-order valence-corrected chi connectivity index (χ2v) is 8.27. The third-order valence-electron chi connectivity index (χ3n) is 6.03. The fraction of sp³-hybridized carbons (Fsp3) is 0.185. The van der Waals surface area contributed by atoms with E-state index < -0.39 is 6.04 Å². The molecule has 1 atom stereocenters. The molecule has 1 aliphatic rings. The minimum absolute atomic E-state index is 0.0921. The Morgan fingerprint density at radius 1 is 0.938 bits per heavy atom. The van der Waals surface area contributed by atoms with Crippen LogP contribution < -0.4 is 15.1 Å². The summed E-state index contributed by atoms with van der Waals surface area (Å²) in [5.41, 5.74) is 3.28. The first kappa shape index (κ1) is 20.1. The Morgan fingerprint density at radius 2 is 1.69 bits per heavy atom. The third-order valence-corrected chi connectivity index (χ3v) is 6.03. The maximum Gasteiger partial charge on any atom is 0.295 e. The van der Waals surface area contributed by atoms with Crippen LogP contribution in [0, 0.1) is 0 Å². The number of para-hydroxylation sites is 1. The summed E-state index contributed by atoms with van der Waals surface area (Å²) in [6.45, 7) is 4.26. The van der Waals surface area contributed by atoms with Crippen LogP contribution in [0.1, 0.15) is 53.1 Å². The molecule has 0 N–H and O–H groups in total. The second-order valence-electron chi connectivity index (χ2n) is 8.27. The number of hydrogen-bond acceptors (Lipinski definition) is 4. The Hall–Kier alpha value is -3.86. The number of carbonyl (C=O) groups is 1. The molecule has 0 saturated carbocycles. The lowest BCUT2D eigenvalue weighted by atomic mass is 9.95. The average molecular weight is 425 g/mol. The smallest absolute Gasteiger partial charge is 0.295 e. The molecule has 0 aliphatic carbocycles. The van der Waals surface area contributed by atoms with Gasteiger partial charge in [0.1, 0.15) is 11.3 Å². The van der Waals surface area contributed by atoms with Gasteiger partial charge in [-0.05, 0) is 41.3 Å². The summed E-state index contributed by atoms with van der Waals surface area (Å²) < 4.78 is 11.4. The van der Waals surface area contributed by atoms with Crippen LogP contribution in [0.5, 0.6) is 5.75 Å². The van der Waals surface area contributed by atoms with Gasteiger partial charge in [0, 0.05) is 11.8 Å². The zero-order chi connectivity index (χ0) is 22.4. The van der Waals surface area contributed by atoms with Crippen LogP contribution in [-0.4, -0.2) is 13.0 Å². The zero-order valence-electron chi connectivity index (χ0n) is 18.2. The van der Waals surface area contributed by atoms with Crippen molar-refractivity contribution in [1.82, 2.24) is 0 Å². The Bertz CT molecular complexity index is 1390. The van der Waals surface area contributed by atoms with Gasteiger partial charge in [0.05, 0.1) is 24.1 Å². The van der Waals surface area contributed by atoms with Crippen LogP contribution in [0.25, 0.3) is 11.0 Å². The molecule has 0 bridgehead atoms. The Kier molecular flexibility index (Phi) is 4.82. The third kappa shape index (κ3) is 3.09. The number of ether oxygens (including phenoxy) is 1. The molecule has 0 spiro atoms. The highest BCUT2D eigenvalue weighted by atomic mass is 16.5. The van der Waals surface area contributed by atoms with Crippen LogP contribution in [0.4, 0.5) is 5.69 Å². The summed E-state index contributed by atoms with van der Waals surface area (Å²) in [5.74, 6) is 0.762. The molecule has 4 aromatic rings. The highest BCUT2D eigenvalue weighted by Gasteiger charge is 2.43. The normalized spacial score (nSPS) is 15.4. The summed E-state index contributed by atoms with van der Waals surface area (Å²) in [5, 5.41) is 0.468. The zero-order valence-corrected chi connectivity index (χ0v) is 18.2. The van der Waals surface area contributed by atoms with Crippen molar-refractivity contribution in [3.63, 3.8) is 0 Å². The van der Waals surface area contributed by atoms with Crippen molar-refractivity contribution >= 4 is 22.6 Å². The summed E-state index contributed by atoms with van der Waals surface area (Å²) in [6.07, 6.45) is 0. The van der Waals surface area contributed by atoms with Gasteiger partial charge in [-0.3, -0.25) is 14.5 Å². The number of carbonyl (C=O) groups excluding carboxylic acids is 1. The molecule has 0 saturated heterocycles. The topological polar surface area (TPSA) is 59.8 Å². The molecule has 0 radical (unpaired) electrons. The molecule has 1 amide bonds. The number of amides is 1. The Balaban J connectivity index is 1.77. The van der Waals surface area contributed by atoms with E-state index in [4.69, 9.17) is 9.15 Å². The highest BCUT2D eigenvalue weighted by molar-refractivity contribution is 6.10. The molecule has 1 aliphatic heterocycles. The number of anilines is 1. The summed E-state index contributed by atoms with van der Waals surface area (Å²) in [7, 11) is 1.58. The van der Waals surface area contributed by atoms with Crippen LogP contribution in [0.3, 0.4) is 0 Å². The standard InChI is InChI=1S/C27H23NO4/c1-16(2)17-11-13-18(14-12-17)24-23-25(29)21-9-4-5-10-22(21)32-26(23)27(30)28(24)19-7-6-8-20(15-19)31-3/h4-16,24H,1-3H3. The summed E-state index contributed by atoms with van der Waals surface area (Å²) >= 11 is 0. The van der Waals surface area contributed by atoms with Crippen LogP contribution in [0.2, 0.25) is 0 Å². The minimum atomic E-state index is -0.591. The molecule has 5 heteroatoms. The molecular formula is C27H23NO4. The molecule has 1 unspecified atom stereocenters. The van der Waals surface area contributed by atoms with E-state index in [9.17, 15) is 9.59 Å². The van der Waals surface area contributed by atoms with E-state index in [1.165, 1.54) is 5.56 Å². The van der Waals surface area contributed by atoms with Gasteiger partial charge in [0.25, 0.3) is 5.91 Å². The van der Waals surface area contributed by atoms with Crippen molar-refractivity contribution in [2.24, 2.45) is 0 Å². The number of benzene rings is 3. The van der Waals surface area contributed by atoms with Crippen molar-refractivity contribution < 1.29 is 13.9 Å². The second kappa shape index (κ2) is 7.68. The maximum atomic E-state index is 13.6. The van der Waals surface area contributed by atoms with Crippen LogP contribution in [-0.2, 0) is 0 Å². The largest absolute Gasteiger partial charge is 0.497 e. The number of methoxy groups -OCH3 is 1. The van der Waals surface area contributed by atoms with Gasteiger partial charge in [0.2, 0.25) is 5.76 Å². The molecule has 160 valence electrons. The molecule has 1 aromatic heterocycles. The SMILES string of the molecule is COc1cccc(N2C(=O)c3oc4ccccc4c(=O)c3C2c2ccc(C(C)C)cc2)c1. The first-order chi connectivity index (χ1) is 15.5. The molecular weight excluding hydrogens is 402 g/mol. The lowest BCUT2D eigenvalue weighted by Gasteiger charge is -2.26. The fourth-order valence-corrected chi connectivity index (χ4v) is 4.32. The van der Waals surface area contributed by atoms with Gasteiger partial charge in [-0.25, -0.2) is 0 Å². The minimum Gasteiger partial charge on any atom is -0.497 e. The van der Waals surface area contributed by atoms with Crippen LogP contribution in [0.15, 0.2) is 82.0 Å². The predicted octanol–water partition coefficient (Wildman–Crippen LogP) is 5.67. The Morgan fingerprint density at radius 3 is 2.41 bits per heavy atom. The summed E-state index contributed by atoms with van der Waals surface area (Å²) in [6, 6.07) is 21.8. The van der Waals surface area contributed by atoms with Crippen molar-refractivity contribution in [1.29, 1.82) is 0 Å². The molecule has 2 heterocycles. The van der Waals surface area contributed by atoms with E-state index in [1.807, 2.05) is 30.3 Å². The van der Waals surface area contributed by atoms with E-state index in [2.05, 4.69) is 26.0 Å². The molecule has 0 fully saturated rings.